The Morgan fingerprint density at radius 3 is 2.05 bits per heavy atom. The number of hydrogen-bond donors (Lipinski definition) is 0. The zero-order valence-electron chi connectivity index (χ0n) is 24.0. The summed E-state index contributed by atoms with van der Waals surface area (Å²) in [6.45, 7) is 6.24. The van der Waals surface area contributed by atoms with Crippen LogP contribution in [0.5, 0.6) is 0 Å². The molecule has 0 radical (unpaired) electrons. The fraction of sp³-hybridized carbons (Fsp3) is 0.182. The molecule has 3 heterocycles. The van der Waals surface area contributed by atoms with E-state index in [2.05, 4.69) is 64.8 Å². The van der Waals surface area contributed by atoms with Gasteiger partial charge in [0.05, 0.1) is 27.8 Å². The van der Waals surface area contributed by atoms with Crippen molar-refractivity contribution in [2.75, 3.05) is 18.0 Å². The second kappa shape index (κ2) is 13.5. The normalized spacial score (nSPS) is 14.0. The molecule has 1 fully saturated rings. The summed E-state index contributed by atoms with van der Waals surface area (Å²) in [7, 11) is 0. The van der Waals surface area contributed by atoms with Crippen LogP contribution in [0.4, 0.5) is 37.9 Å². The SMILES string of the molecule is Cc1cc(N=Nc2ccc(N3CCCC3)s2)ccc1N=Nc1ccc(N=Nc2ncc(C=Cc3ccccc3)s2)c(C)c1. The Balaban J connectivity index is 1.06. The minimum absolute atomic E-state index is 0.608. The molecule has 6 rings (SSSR count). The Hall–Kier alpha value is -4.67. The van der Waals surface area contributed by atoms with Crippen LogP contribution in [0, 0.1) is 13.8 Å². The highest BCUT2D eigenvalue weighted by Gasteiger charge is 2.14. The van der Waals surface area contributed by atoms with E-state index >= 15 is 0 Å². The Bertz CT molecular complexity index is 1810. The number of nitrogens with zero attached hydrogens (tertiary/aromatic N) is 8. The van der Waals surface area contributed by atoms with Gasteiger partial charge in [-0.1, -0.05) is 59.1 Å². The number of benzene rings is 3. The predicted octanol–water partition coefficient (Wildman–Crippen LogP) is 11.8. The molecule has 0 atom stereocenters. The number of thiazole rings is 1. The molecule has 0 bridgehead atoms. The minimum atomic E-state index is 0.608. The van der Waals surface area contributed by atoms with E-state index in [1.807, 2.05) is 80.6 Å². The van der Waals surface area contributed by atoms with Gasteiger partial charge < -0.3 is 4.90 Å². The van der Waals surface area contributed by atoms with Crippen LogP contribution >= 0.6 is 22.7 Å². The fourth-order valence-electron chi connectivity index (χ4n) is 4.57. The van der Waals surface area contributed by atoms with Crippen molar-refractivity contribution < 1.29 is 0 Å². The standard InChI is InChI=1S/C33H30N8S2/c1-23-21-27(36-39-31-16-17-32(43-31)41-18-6-7-19-41)12-14-29(23)37-35-26-11-15-30(24(2)20-26)38-40-33-34-22-28(42-33)13-10-25-8-4-3-5-9-25/h3-5,8-17,20-22H,6-7,18-19H2,1-2H3. The van der Waals surface area contributed by atoms with Gasteiger partial charge in [-0.3, -0.25) is 0 Å². The van der Waals surface area contributed by atoms with Crippen LogP contribution in [0.25, 0.3) is 12.2 Å². The number of rotatable bonds is 9. The van der Waals surface area contributed by atoms with Gasteiger partial charge in [0.1, 0.15) is 5.00 Å². The van der Waals surface area contributed by atoms with Crippen molar-refractivity contribution in [1.82, 2.24) is 4.98 Å². The van der Waals surface area contributed by atoms with Crippen molar-refractivity contribution in [3.8, 4) is 0 Å². The van der Waals surface area contributed by atoms with Gasteiger partial charge in [0.25, 0.3) is 0 Å². The van der Waals surface area contributed by atoms with Crippen molar-refractivity contribution in [2.45, 2.75) is 26.7 Å². The molecule has 3 aromatic carbocycles. The first-order chi connectivity index (χ1) is 21.1. The molecule has 8 nitrogen and oxygen atoms in total. The molecule has 0 saturated carbocycles. The molecule has 0 N–H and O–H groups in total. The summed E-state index contributed by atoms with van der Waals surface area (Å²) in [6, 6.07) is 25.9. The van der Waals surface area contributed by atoms with Crippen LogP contribution in [0.3, 0.4) is 0 Å². The highest BCUT2D eigenvalue weighted by Crippen LogP contribution is 2.35. The number of anilines is 1. The van der Waals surface area contributed by atoms with Gasteiger partial charge in [0.2, 0.25) is 5.13 Å². The molecule has 5 aromatic rings. The largest absolute Gasteiger partial charge is 0.363 e. The summed E-state index contributed by atoms with van der Waals surface area (Å²) in [4.78, 5) is 7.80. The van der Waals surface area contributed by atoms with Crippen LogP contribution in [-0.2, 0) is 0 Å². The van der Waals surface area contributed by atoms with Gasteiger partial charge >= 0.3 is 0 Å². The second-order valence-electron chi connectivity index (χ2n) is 10.1. The average Bonchev–Trinajstić information content (AvgIpc) is 3.81. The van der Waals surface area contributed by atoms with Crippen LogP contribution in [0.15, 0.2) is 116 Å². The molecule has 1 aliphatic rings. The average molecular weight is 603 g/mol. The third-order valence-electron chi connectivity index (χ3n) is 6.89. The highest BCUT2D eigenvalue weighted by molar-refractivity contribution is 7.19. The Morgan fingerprint density at radius 1 is 0.674 bits per heavy atom. The maximum Gasteiger partial charge on any atom is 0.230 e. The lowest BCUT2D eigenvalue weighted by molar-refractivity contribution is 0.949. The number of azo groups is 3. The van der Waals surface area contributed by atoms with E-state index in [0.717, 1.165) is 62.4 Å². The summed E-state index contributed by atoms with van der Waals surface area (Å²) in [6.07, 6.45) is 8.42. The van der Waals surface area contributed by atoms with Crippen molar-refractivity contribution in [3.05, 3.63) is 107 Å². The molecule has 10 heteroatoms. The maximum absolute atomic E-state index is 4.47. The van der Waals surface area contributed by atoms with Gasteiger partial charge in [0.15, 0.2) is 0 Å². The van der Waals surface area contributed by atoms with Crippen molar-refractivity contribution in [3.63, 3.8) is 0 Å². The molecule has 0 aliphatic carbocycles. The molecule has 0 unspecified atom stereocenters. The second-order valence-corrected chi connectivity index (χ2v) is 12.2. The van der Waals surface area contributed by atoms with E-state index < -0.39 is 0 Å². The lowest BCUT2D eigenvalue weighted by atomic mass is 10.2. The molecule has 1 aliphatic heterocycles. The Morgan fingerprint density at radius 2 is 1.35 bits per heavy atom. The summed E-state index contributed by atoms with van der Waals surface area (Å²) >= 11 is 3.17. The smallest absolute Gasteiger partial charge is 0.230 e. The summed E-state index contributed by atoms with van der Waals surface area (Å²) in [5, 5.41) is 29.3. The monoisotopic (exact) mass is 602 g/mol. The third-order valence-corrected chi connectivity index (χ3v) is 8.76. The van der Waals surface area contributed by atoms with Gasteiger partial charge in [-0.2, -0.15) is 10.2 Å². The lowest BCUT2D eigenvalue weighted by Gasteiger charge is -2.13. The summed E-state index contributed by atoms with van der Waals surface area (Å²) < 4.78 is 0. The molecule has 214 valence electrons. The van der Waals surface area contributed by atoms with E-state index in [9.17, 15) is 0 Å². The first kappa shape index (κ1) is 28.4. The first-order valence-electron chi connectivity index (χ1n) is 14.1. The number of thiophene rings is 1. The van der Waals surface area contributed by atoms with Crippen LogP contribution in [0.2, 0.25) is 0 Å². The number of hydrogen-bond acceptors (Lipinski definition) is 10. The number of aromatic nitrogens is 1. The van der Waals surface area contributed by atoms with E-state index in [-0.39, 0.29) is 0 Å². The molecule has 0 spiro atoms. The third kappa shape index (κ3) is 7.59. The van der Waals surface area contributed by atoms with E-state index in [0.29, 0.717) is 5.13 Å². The van der Waals surface area contributed by atoms with E-state index in [1.165, 1.54) is 29.2 Å². The van der Waals surface area contributed by atoms with E-state index in [1.54, 1.807) is 17.5 Å². The van der Waals surface area contributed by atoms with Crippen LogP contribution < -0.4 is 4.90 Å². The van der Waals surface area contributed by atoms with Gasteiger partial charge in [-0.15, -0.1) is 20.5 Å². The van der Waals surface area contributed by atoms with Crippen LogP contribution in [0.1, 0.15) is 34.4 Å². The molecular formula is C33H30N8S2. The number of aryl methyl sites for hydroxylation is 2. The Labute approximate surface area is 258 Å². The maximum atomic E-state index is 4.47. The van der Waals surface area contributed by atoms with Crippen LogP contribution in [-0.4, -0.2) is 18.1 Å². The first-order valence-corrected chi connectivity index (χ1v) is 15.7. The van der Waals surface area contributed by atoms with Crippen molar-refractivity contribution in [2.24, 2.45) is 30.7 Å². The van der Waals surface area contributed by atoms with E-state index in [4.69, 9.17) is 0 Å². The fourth-order valence-corrected chi connectivity index (χ4v) is 6.08. The van der Waals surface area contributed by atoms with Gasteiger partial charge in [-0.05, 0) is 98.0 Å². The Kier molecular flexibility index (Phi) is 8.96. The molecule has 2 aromatic heterocycles. The van der Waals surface area contributed by atoms with Crippen molar-refractivity contribution in [1.29, 1.82) is 0 Å². The van der Waals surface area contributed by atoms with Gasteiger partial charge in [0, 0.05) is 24.2 Å². The highest BCUT2D eigenvalue weighted by atomic mass is 32.1. The predicted molar refractivity (Wildman–Crippen MR) is 178 cm³/mol. The topological polar surface area (TPSA) is 90.3 Å². The van der Waals surface area contributed by atoms with Crippen molar-refractivity contribution >= 4 is 72.7 Å². The quantitative estimate of drug-likeness (QED) is 0.157. The van der Waals surface area contributed by atoms with Gasteiger partial charge in [-0.25, -0.2) is 4.98 Å². The summed E-state index contributed by atoms with van der Waals surface area (Å²) in [5.41, 5.74) is 6.16. The summed E-state index contributed by atoms with van der Waals surface area (Å²) in [5.74, 6) is 0. The minimum Gasteiger partial charge on any atom is -0.363 e. The molecule has 1 saturated heterocycles. The lowest BCUT2D eigenvalue weighted by Crippen LogP contribution is -2.15. The molecular weight excluding hydrogens is 573 g/mol. The molecule has 43 heavy (non-hydrogen) atoms. The zero-order chi connectivity index (χ0) is 29.4. The zero-order valence-corrected chi connectivity index (χ0v) is 25.6. The molecule has 0 amide bonds.